The Balaban J connectivity index is 1.89. The van der Waals surface area contributed by atoms with Crippen LogP contribution in [0.15, 0.2) is 42.3 Å². The lowest BCUT2D eigenvalue weighted by Gasteiger charge is -2.19. The molecule has 2 aromatic rings. The number of allylic oxidation sites excluding steroid dienone is 1. The largest absolute Gasteiger partial charge is 0.298 e. The fraction of sp³-hybridized carbons (Fsp3) is 0.375. The second kappa shape index (κ2) is 6.87. The van der Waals surface area contributed by atoms with Crippen molar-refractivity contribution in [3.05, 3.63) is 37.2 Å². The van der Waals surface area contributed by atoms with Gasteiger partial charge in [-0.3, -0.25) is 14.3 Å². The summed E-state index contributed by atoms with van der Waals surface area (Å²) in [4.78, 5) is 16.1. The number of hydrogen-bond donors (Lipinski definition) is 0. The van der Waals surface area contributed by atoms with Crippen molar-refractivity contribution >= 4 is 17.5 Å². The molecular formula is C16H18N4OS. The van der Waals surface area contributed by atoms with Gasteiger partial charge in [-0.05, 0) is 25.0 Å². The average Bonchev–Trinajstić information content (AvgIpc) is 2.94. The van der Waals surface area contributed by atoms with E-state index in [0.29, 0.717) is 18.7 Å². The van der Waals surface area contributed by atoms with E-state index in [4.69, 9.17) is 0 Å². The van der Waals surface area contributed by atoms with Crippen LogP contribution in [-0.2, 0) is 11.3 Å². The molecule has 6 heteroatoms. The number of thioether (sulfide) groups is 1. The number of carbonyl (C=O) groups excluding carboxylic acids is 1. The normalized spacial score (nSPS) is 18.4. The van der Waals surface area contributed by atoms with Gasteiger partial charge in [0.1, 0.15) is 5.78 Å². The highest BCUT2D eigenvalue weighted by Crippen LogP contribution is 2.32. The molecule has 1 aliphatic carbocycles. The van der Waals surface area contributed by atoms with Crippen molar-refractivity contribution in [3.63, 3.8) is 0 Å². The van der Waals surface area contributed by atoms with Crippen LogP contribution in [-0.4, -0.2) is 30.8 Å². The maximum atomic E-state index is 12.0. The van der Waals surface area contributed by atoms with E-state index in [2.05, 4.69) is 21.8 Å². The van der Waals surface area contributed by atoms with Crippen molar-refractivity contribution in [2.75, 3.05) is 0 Å². The first-order valence-electron chi connectivity index (χ1n) is 7.43. The molecule has 1 atom stereocenters. The van der Waals surface area contributed by atoms with Gasteiger partial charge in [0.25, 0.3) is 0 Å². The summed E-state index contributed by atoms with van der Waals surface area (Å²) in [6, 6.07) is 3.81. The van der Waals surface area contributed by atoms with E-state index in [-0.39, 0.29) is 5.25 Å². The van der Waals surface area contributed by atoms with E-state index >= 15 is 0 Å². The lowest BCUT2D eigenvalue weighted by Crippen LogP contribution is -2.21. The first kappa shape index (κ1) is 15.0. The van der Waals surface area contributed by atoms with Gasteiger partial charge in [-0.2, -0.15) is 0 Å². The molecule has 0 amide bonds. The minimum Gasteiger partial charge on any atom is -0.298 e. The number of carbonyl (C=O) groups is 1. The summed E-state index contributed by atoms with van der Waals surface area (Å²) >= 11 is 1.53. The van der Waals surface area contributed by atoms with E-state index in [9.17, 15) is 4.79 Å². The van der Waals surface area contributed by atoms with Crippen LogP contribution in [0.4, 0.5) is 0 Å². The SMILES string of the molecule is C=CCn1c(S[C@@H]2CCCCC2=O)nnc1-c1ccncc1. The van der Waals surface area contributed by atoms with Gasteiger partial charge in [0.15, 0.2) is 11.0 Å². The van der Waals surface area contributed by atoms with Crippen molar-refractivity contribution in [2.45, 2.75) is 42.6 Å². The van der Waals surface area contributed by atoms with Crippen LogP contribution in [0.2, 0.25) is 0 Å². The fourth-order valence-electron chi connectivity index (χ4n) is 2.59. The number of ketones is 1. The highest BCUT2D eigenvalue weighted by atomic mass is 32.2. The summed E-state index contributed by atoms with van der Waals surface area (Å²) < 4.78 is 2.01. The summed E-state index contributed by atoms with van der Waals surface area (Å²) in [5.74, 6) is 1.11. The molecule has 0 saturated heterocycles. The average molecular weight is 314 g/mol. The van der Waals surface area contributed by atoms with Gasteiger partial charge in [0.05, 0.1) is 5.25 Å². The van der Waals surface area contributed by atoms with Crippen molar-refractivity contribution in [2.24, 2.45) is 0 Å². The first-order chi connectivity index (χ1) is 10.8. The molecule has 0 spiro atoms. The second-order valence-electron chi connectivity index (χ2n) is 5.26. The van der Waals surface area contributed by atoms with E-state index in [0.717, 1.165) is 35.8 Å². The summed E-state index contributed by atoms with van der Waals surface area (Å²) in [6.07, 6.45) is 9.02. The van der Waals surface area contributed by atoms with Crippen LogP contribution in [0.5, 0.6) is 0 Å². The molecule has 0 radical (unpaired) electrons. The molecule has 0 N–H and O–H groups in total. The Hall–Kier alpha value is -1.95. The van der Waals surface area contributed by atoms with E-state index in [1.807, 2.05) is 22.8 Å². The number of aromatic nitrogens is 4. The minimum absolute atomic E-state index is 0.00630. The van der Waals surface area contributed by atoms with Gasteiger partial charge in [-0.25, -0.2) is 0 Å². The number of pyridine rings is 1. The van der Waals surface area contributed by atoms with E-state index < -0.39 is 0 Å². The number of Topliss-reactive ketones (excluding diaryl/α,β-unsaturated/α-hetero) is 1. The second-order valence-corrected chi connectivity index (χ2v) is 6.43. The maximum absolute atomic E-state index is 12.0. The highest BCUT2D eigenvalue weighted by molar-refractivity contribution is 8.00. The van der Waals surface area contributed by atoms with Gasteiger partial charge < -0.3 is 0 Å². The van der Waals surface area contributed by atoms with Gasteiger partial charge in [-0.15, -0.1) is 16.8 Å². The molecule has 114 valence electrons. The maximum Gasteiger partial charge on any atom is 0.192 e. The molecule has 2 aromatic heterocycles. The fourth-order valence-corrected chi connectivity index (χ4v) is 3.75. The molecule has 1 aliphatic rings. The minimum atomic E-state index is 0.00630. The molecule has 0 bridgehead atoms. The predicted octanol–water partition coefficient (Wildman–Crippen LogP) is 3.13. The van der Waals surface area contributed by atoms with Crippen LogP contribution in [0.1, 0.15) is 25.7 Å². The van der Waals surface area contributed by atoms with Crippen molar-refractivity contribution in [1.29, 1.82) is 0 Å². The Bertz CT molecular complexity index is 668. The van der Waals surface area contributed by atoms with Crippen molar-refractivity contribution in [1.82, 2.24) is 19.7 Å². The molecule has 1 fully saturated rings. The van der Waals surface area contributed by atoms with E-state index in [1.54, 1.807) is 12.4 Å². The molecule has 22 heavy (non-hydrogen) atoms. The Kier molecular flexibility index (Phi) is 4.68. The molecule has 0 unspecified atom stereocenters. The third-order valence-electron chi connectivity index (χ3n) is 3.71. The smallest absolute Gasteiger partial charge is 0.192 e. The summed E-state index contributed by atoms with van der Waals surface area (Å²) in [7, 11) is 0. The topological polar surface area (TPSA) is 60.7 Å². The molecule has 0 aromatic carbocycles. The first-order valence-corrected chi connectivity index (χ1v) is 8.31. The Morgan fingerprint density at radius 3 is 2.86 bits per heavy atom. The number of hydrogen-bond acceptors (Lipinski definition) is 5. The lowest BCUT2D eigenvalue weighted by molar-refractivity contribution is -0.119. The highest BCUT2D eigenvalue weighted by Gasteiger charge is 2.26. The van der Waals surface area contributed by atoms with Crippen LogP contribution in [0.25, 0.3) is 11.4 Å². The van der Waals surface area contributed by atoms with Crippen LogP contribution < -0.4 is 0 Å². The quantitative estimate of drug-likeness (QED) is 0.794. The number of nitrogens with zero attached hydrogens (tertiary/aromatic N) is 4. The van der Waals surface area contributed by atoms with Crippen molar-refractivity contribution < 1.29 is 4.79 Å². The van der Waals surface area contributed by atoms with E-state index in [1.165, 1.54) is 11.8 Å². The van der Waals surface area contributed by atoms with Gasteiger partial charge in [0.2, 0.25) is 0 Å². The summed E-state index contributed by atoms with van der Waals surface area (Å²) in [5.41, 5.74) is 0.964. The Morgan fingerprint density at radius 1 is 1.32 bits per heavy atom. The molecule has 3 rings (SSSR count). The lowest BCUT2D eigenvalue weighted by atomic mass is 9.99. The zero-order valence-corrected chi connectivity index (χ0v) is 13.1. The molecule has 0 aliphatic heterocycles. The Labute approximate surface area is 133 Å². The molecule has 1 saturated carbocycles. The number of rotatable bonds is 5. The zero-order chi connectivity index (χ0) is 15.4. The van der Waals surface area contributed by atoms with Gasteiger partial charge in [0, 0.05) is 30.9 Å². The monoisotopic (exact) mass is 314 g/mol. The van der Waals surface area contributed by atoms with Crippen molar-refractivity contribution in [3.8, 4) is 11.4 Å². The van der Waals surface area contributed by atoms with Crippen LogP contribution in [0, 0.1) is 0 Å². The third-order valence-corrected chi connectivity index (χ3v) is 5.01. The van der Waals surface area contributed by atoms with Crippen LogP contribution >= 0.6 is 11.8 Å². The molecule has 2 heterocycles. The third kappa shape index (κ3) is 3.11. The molecular weight excluding hydrogens is 296 g/mol. The standard InChI is InChI=1S/C16H18N4OS/c1-2-11-20-15(12-7-9-17-10-8-12)18-19-16(20)22-14-6-4-3-5-13(14)21/h2,7-10,14H,1,3-6,11H2/t14-/m1/s1. The summed E-state index contributed by atoms with van der Waals surface area (Å²) in [6.45, 7) is 4.43. The summed E-state index contributed by atoms with van der Waals surface area (Å²) in [5, 5.41) is 9.39. The molecule has 5 nitrogen and oxygen atoms in total. The van der Waals surface area contributed by atoms with Gasteiger partial charge in [-0.1, -0.05) is 24.3 Å². The van der Waals surface area contributed by atoms with Crippen LogP contribution in [0.3, 0.4) is 0 Å². The zero-order valence-electron chi connectivity index (χ0n) is 12.3. The predicted molar refractivity (Wildman–Crippen MR) is 86.6 cm³/mol. The van der Waals surface area contributed by atoms with Gasteiger partial charge >= 0.3 is 0 Å². The Morgan fingerprint density at radius 2 is 2.14 bits per heavy atom.